The van der Waals surface area contributed by atoms with E-state index >= 15 is 0 Å². The molecule has 0 fully saturated rings. The van der Waals surface area contributed by atoms with E-state index in [0.717, 1.165) is 6.29 Å². The molecule has 0 spiro atoms. The van der Waals surface area contributed by atoms with E-state index in [9.17, 15) is 9.59 Å². The molecule has 23 heavy (non-hydrogen) atoms. The number of carbonyl (C=O) groups is 2. The molecule has 0 aromatic heterocycles. The molecular weight excluding hydrogens is 308 g/mol. The Morgan fingerprint density at radius 1 is 1.17 bits per heavy atom. The van der Waals surface area contributed by atoms with Gasteiger partial charge in [0, 0.05) is 12.3 Å². The van der Waals surface area contributed by atoms with Crippen molar-refractivity contribution in [2.75, 3.05) is 6.61 Å². The van der Waals surface area contributed by atoms with Gasteiger partial charge >= 0.3 is 5.97 Å². The van der Waals surface area contributed by atoms with Crippen molar-refractivity contribution < 1.29 is 18.8 Å². The van der Waals surface area contributed by atoms with Gasteiger partial charge in [0.25, 0.3) is 0 Å². The summed E-state index contributed by atoms with van der Waals surface area (Å²) in [6.45, 7) is 15.4. The second kappa shape index (κ2) is 8.24. The Morgan fingerprint density at radius 3 is 2.09 bits per heavy atom. The molecule has 0 aromatic rings. The third-order valence-electron chi connectivity index (χ3n) is 5.10. The Morgan fingerprint density at radius 2 is 1.70 bits per heavy atom. The van der Waals surface area contributed by atoms with Gasteiger partial charge in [0.05, 0.1) is 12.2 Å². The predicted octanol–water partition coefficient (Wildman–Crippen LogP) is 4.26. The summed E-state index contributed by atoms with van der Waals surface area (Å²) in [6.07, 6.45) is 2.97. The standard InChI is InChI=1S/C18H32O4Si/c1-12(2)23(13(3)4,14(5)6)21-11-16-8-9-17(15(7)10-19)22-18(16)20/h8,10,12-15,17H,9,11H2,1-7H3/t15-,17-/m1/s1. The molecule has 0 amide bonds. The quantitative estimate of drug-likeness (QED) is 0.376. The van der Waals surface area contributed by atoms with E-state index < -0.39 is 8.32 Å². The fourth-order valence-corrected chi connectivity index (χ4v) is 9.24. The molecule has 0 unspecified atom stereocenters. The number of esters is 1. The summed E-state index contributed by atoms with van der Waals surface area (Å²) in [5, 5.41) is 0. The van der Waals surface area contributed by atoms with E-state index in [-0.39, 0.29) is 18.0 Å². The average molecular weight is 341 g/mol. The first-order valence-electron chi connectivity index (χ1n) is 8.66. The average Bonchev–Trinajstić information content (AvgIpc) is 2.47. The van der Waals surface area contributed by atoms with Crippen molar-refractivity contribution in [2.24, 2.45) is 5.92 Å². The van der Waals surface area contributed by atoms with Crippen LogP contribution in [0.25, 0.3) is 0 Å². The van der Waals surface area contributed by atoms with Gasteiger partial charge in [-0.2, -0.15) is 0 Å². The maximum atomic E-state index is 12.2. The first kappa shape index (κ1) is 20.1. The van der Waals surface area contributed by atoms with Crippen LogP contribution in [0.4, 0.5) is 0 Å². The molecule has 1 rings (SSSR count). The molecule has 2 atom stereocenters. The van der Waals surface area contributed by atoms with E-state index in [4.69, 9.17) is 9.16 Å². The SMILES string of the molecule is CC(C)[Si](OCC1=CC[C@H]([C@H](C)C=O)OC1=O)(C(C)C)C(C)C. The van der Waals surface area contributed by atoms with Gasteiger partial charge in [-0.1, -0.05) is 54.5 Å². The molecule has 0 aromatic carbocycles. The van der Waals surface area contributed by atoms with Gasteiger partial charge in [-0.3, -0.25) is 0 Å². The fraction of sp³-hybridized carbons (Fsp3) is 0.778. The molecule has 0 saturated carbocycles. The highest BCUT2D eigenvalue weighted by Crippen LogP contribution is 2.42. The summed E-state index contributed by atoms with van der Waals surface area (Å²) in [5.41, 5.74) is 2.03. The zero-order valence-electron chi connectivity index (χ0n) is 15.6. The molecule has 0 radical (unpaired) electrons. The summed E-state index contributed by atoms with van der Waals surface area (Å²) in [6, 6.07) is 0. The third-order valence-corrected chi connectivity index (χ3v) is 11.2. The molecule has 5 heteroatoms. The number of ether oxygens (including phenoxy) is 1. The van der Waals surface area contributed by atoms with Crippen LogP contribution in [0.3, 0.4) is 0 Å². The van der Waals surface area contributed by atoms with Crippen molar-refractivity contribution in [1.82, 2.24) is 0 Å². The zero-order chi connectivity index (χ0) is 17.8. The molecular formula is C18H32O4Si. The number of aldehydes is 1. The monoisotopic (exact) mass is 340 g/mol. The van der Waals surface area contributed by atoms with Gasteiger partial charge in [0.1, 0.15) is 12.4 Å². The second-order valence-corrected chi connectivity index (χ2v) is 13.0. The molecule has 132 valence electrons. The van der Waals surface area contributed by atoms with Crippen molar-refractivity contribution in [2.45, 2.75) is 77.6 Å². The third kappa shape index (κ3) is 4.32. The highest BCUT2D eigenvalue weighted by molar-refractivity contribution is 6.77. The van der Waals surface area contributed by atoms with Gasteiger partial charge < -0.3 is 14.0 Å². The Kier molecular flexibility index (Phi) is 7.20. The van der Waals surface area contributed by atoms with E-state index in [1.54, 1.807) is 6.92 Å². The van der Waals surface area contributed by atoms with Crippen molar-refractivity contribution in [3.05, 3.63) is 11.6 Å². The first-order valence-corrected chi connectivity index (χ1v) is 10.8. The lowest BCUT2D eigenvalue weighted by Gasteiger charge is -2.42. The van der Waals surface area contributed by atoms with E-state index in [1.165, 1.54) is 0 Å². The van der Waals surface area contributed by atoms with Crippen LogP contribution >= 0.6 is 0 Å². The second-order valence-electron chi connectivity index (χ2n) is 7.51. The Balaban J connectivity index is 2.85. The van der Waals surface area contributed by atoms with Crippen LogP contribution in [0.15, 0.2) is 11.6 Å². The predicted molar refractivity (Wildman–Crippen MR) is 94.8 cm³/mol. The molecule has 0 aliphatic carbocycles. The topological polar surface area (TPSA) is 52.6 Å². The Hall–Kier alpha value is -0.943. The van der Waals surface area contributed by atoms with Crippen LogP contribution in [-0.4, -0.2) is 33.3 Å². The largest absolute Gasteiger partial charge is 0.458 e. The van der Waals surface area contributed by atoms with Crippen molar-refractivity contribution in [1.29, 1.82) is 0 Å². The highest BCUT2D eigenvalue weighted by Gasteiger charge is 2.45. The Labute approximate surface area is 141 Å². The summed E-state index contributed by atoms with van der Waals surface area (Å²) in [4.78, 5) is 23.0. The lowest BCUT2D eigenvalue weighted by Crippen LogP contribution is -2.48. The van der Waals surface area contributed by atoms with Crippen molar-refractivity contribution in [3.8, 4) is 0 Å². The number of carbonyl (C=O) groups excluding carboxylic acids is 2. The summed E-state index contributed by atoms with van der Waals surface area (Å²) in [7, 11) is -1.99. The number of hydrogen-bond acceptors (Lipinski definition) is 4. The maximum Gasteiger partial charge on any atom is 0.336 e. The van der Waals surface area contributed by atoms with Crippen molar-refractivity contribution in [3.63, 3.8) is 0 Å². The van der Waals surface area contributed by atoms with Gasteiger partial charge in [-0.25, -0.2) is 4.79 Å². The summed E-state index contributed by atoms with van der Waals surface area (Å²) in [5.74, 6) is -0.609. The minimum absolute atomic E-state index is 0.270. The summed E-state index contributed by atoms with van der Waals surface area (Å²) < 4.78 is 11.8. The molecule has 1 heterocycles. The summed E-state index contributed by atoms with van der Waals surface area (Å²) >= 11 is 0. The van der Waals surface area contributed by atoms with Crippen LogP contribution < -0.4 is 0 Å². The van der Waals surface area contributed by atoms with Gasteiger partial charge in [0.2, 0.25) is 8.32 Å². The lowest BCUT2D eigenvalue weighted by molar-refractivity contribution is -0.149. The maximum absolute atomic E-state index is 12.2. The molecule has 4 nitrogen and oxygen atoms in total. The van der Waals surface area contributed by atoms with E-state index in [2.05, 4.69) is 41.5 Å². The highest BCUT2D eigenvalue weighted by atomic mass is 28.4. The molecule has 0 bridgehead atoms. The molecule has 0 N–H and O–H groups in total. The van der Waals surface area contributed by atoms with Gasteiger partial charge in [0.15, 0.2) is 0 Å². The van der Waals surface area contributed by atoms with Crippen molar-refractivity contribution >= 4 is 20.6 Å². The minimum atomic E-state index is -1.99. The number of rotatable bonds is 8. The van der Waals surface area contributed by atoms with Gasteiger partial charge in [-0.15, -0.1) is 0 Å². The normalized spacial score (nSPS) is 20.7. The van der Waals surface area contributed by atoms with Crippen LogP contribution in [0.5, 0.6) is 0 Å². The zero-order valence-corrected chi connectivity index (χ0v) is 16.6. The number of hydrogen-bond donors (Lipinski definition) is 0. The molecule has 1 aliphatic heterocycles. The van der Waals surface area contributed by atoms with E-state index in [0.29, 0.717) is 35.2 Å². The Bertz CT molecular complexity index is 432. The van der Waals surface area contributed by atoms with Crippen LogP contribution in [-0.2, 0) is 18.8 Å². The lowest BCUT2D eigenvalue weighted by atomic mass is 10.00. The molecule has 1 aliphatic rings. The fourth-order valence-electron chi connectivity index (χ4n) is 3.83. The minimum Gasteiger partial charge on any atom is -0.458 e. The smallest absolute Gasteiger partial charge is 0.336 e. The van der Waals surface area contributed by atoms with Crippen LogP contribution in [0.1, 0.15) is 54.9 Å². The number of cyclic esters (lactones) is 1. The molecule has 0 saturated heterocycles. The van der Waals surface area contributed by atoms with Gasteiger partial charge in [-0.05, 0) is 16.6 Å². The van der Waals surface area contributed by atoms with Crippen LogP contribution in [0, 0.1) is 5.92 Å². The van der Waals surface area contributed by atoms with Crippen LogP contribution in [0.2, 0.25) is 16.6 Å². The van der Waals surface area contributed by atoms with E-state index in [1.807, 2.05) is 6.08 Å². The first-order chi connectivity index (χ1) is 10.7.